The number of amides is 2. The maximum Gasteiger partial charge on any atom is 0.284 e. The van der Waals surface area contributed by atoms with Gasteiger partial charge in [0.25, 0.3) is 11.8 Å². The highest BCUT2D eigenvalue weighted by Crippen LogP contribution is 2.31. The summed E-state index contributed by atoms with van der Waals surface area (Å²) in [7, 11) is 1.51. The van der Waals surface area contributed by atoms with E-state index in [-0.39, 0.29) is 19.1 Å². The van der Waals surface area contributed by atoms with Crippen molar-refractivity contribution in [2.75, 3.05) is 46.6 Å². The summed E-state index contributed by atoms with van der Waals surface area (Å²) in [6, 6.07) is 12.3. The van der Waals surface area contributed by atoms with Crippen LogP contribution < -0.4 is 24.4 Å². The molecule has 0 radical (unpaired) electrons. The van der Waals surface area contributed by atoms with Gasteiger partial charge in [0.1, 0.15) is 6.61 Å². The molecule has 10 heteroatoms. The van der Waals surface area contributed by atoms with Crippen LogP contribution in [0.4, 0.5) is 0 Å². The quantitative estimate of drug-likeness (QED) is 0.494. The van der Waals surface area contributed by atoms with E-state index in [1.165, 1.54) is 13.3 Å². The average molecular weight is 455 g/mol. The van der Waals surface area contributed by atoms with Gasteiger partial charge in [-0.25, -0.2) is 5.43 Å². The number of fused-ring (bicyclic) bond motifs is 1. The minimum absolute atomic E-state index is 0.0908. The number of para-hydroxylation sites is 2. The Morgan fingerprint density at radius 2 is 1.94 bits per heavy atom. The summed E-state index contributed by atoms with van der Waals surface area (Å²) < 4.78 is 27.5. The van der Waals surface area contributed by atoms with Crippen LogP contribution in [0.3, 0.4) is 0 Å². The second-order valence-electron chi connectivity index (χ2n) is 7.29. The van der Waals surface area contributed by atoms with Crippen molar-refractivity contribution < 1.29 is 33.3 Å². The van der Waals surface area contributed by atoms with E-state index >= 15 is 0 Å². The largest absolute Gasteiger partial charge is 0.493 e. The number of nitrogens with one attached hydrogen (secondary N) is 1. The number of hydrogen-bond donors (Lipinski definition) is 1. The van der Waals surface area contributed by atoms with Crippen molar-refractivity contribution in [3.63, 3.8) is 0 Å². The molecule has 4 rings (SSSR count). The highest BCUT2D eigenvalue weighted by molar-refractivity contribution is 5.85. The van der Waals surface area contributed by atoms with Crippen LogP contribution in [0.15, 0.2) is 47.6 Å². The number of rotatable bonds is 7. The summed E-state index contributed by atoms with van der Waals surface area (Å²) in [6.07, 6.45) is 0.673. The van der Waals surface area contributed by atoms with Crippen molar-refractivity contribution in [1.29, 1.82) is 0 Å². The SMILES string of the molecule is COc1cc(/C=N/NC(=O)C2COc3ccccc3O2)ccc1OCC(=O)N1CCOCC1. The van der Waals surface area contributed by atoms with E-state index in [1.807, 2.05) is 6.07 Å². The minimum atomic E-state index is -0.800. The third-order valence-corrected chi connectivity index (χ3v) is 5.09. The molecule has 2 aliphatic rings. The molecule has 2 aromatic rings. The van der Waals surface area contributed by atoms with Gasteiger partial charge in [-0.05, 0) is 35.9 Å². The number of hydrazone groups is 1. The fraction of sp³-hybridized carbons (Fsp3) is 0.348. The lowest BCUT2D eigenvalue weighted by atomic mass is 10.2. The maximum absolute atomic E-state index is 12.3. The van der Waals surface area contributed by atoms with Gasteiger partial charge in [-0.3, -0.25) is 9.59 Å². The molecule has 0 aromatic heterocycles. The molecule has 1 atom stereocenters. The number of methoxy groups -OCH3 is 1. The lowest BCUT2D eigenvalue weighted by Gasteiger charge is -2.26. The summed E-state index contributed by atoms with van der Waals surface area (Å²) in [5, 5.41) is 3.98. The van der Waals surface area contributed by atoms with Crippen molar-refractivity contribution in [3.05, 3.63) is 48.0 Å². The smallest absolute Gasteiger partial charge is 0.284 e. The van der Waals surface area contributed by atoms with Crippen LogP contribution in [0.25, 0.3) is 0 Å². The standard InChI is InChI=1S/C23H25N3O7/c1-29-20-12-16(6-7-18(20)32-15-22(27)26-8-10-30-11-9-26)13-24-25-23(28)21-14-31-17-4-2-3-5-19(17)33-21/h2-7,12-13,21H,8-11,14-15H2,1H3,(H,25,28)/b24-13+. The van der Waals surface area contributed by atoms with Crippen LogP contribution in [-0.4, -0.2) is 75.7 Å². The molecule has 10 nitrogen and oxygen atoms in total. The first kappa shape index (κ1) is 22.4. The van der Waals surface area contributed by atoms with Gasteiger partial charge in [-0.2, -0.15) is 5.10 Å². The Bertz CT molecular complexity index is 1020. The Balaban J connectivity index is 1.30. The van der Waals surface area contributed by atoms with E-state index in [0.717, 1.165) is 0 Å². The maximum atomic E-state index is 12.3. The Morgan fingerprint density at radius 3 is 2.73 bits per heavy atom. The summed E-state index contributed by atoms with van der Waals surface area (Å²) >= 11 is 0. The van der Waals surface area contributed by atoms with E-state index in [2.05, 4.69) is 10.5 Å². The molecule has 2 heterocycles. The predicted molar refractivity (Wildman–Crippen MR) is 118 cm³/mol. The van der Waals surface area contributed by atoms with Gasteiger partial charge in [0, 0.05) is 13.1 Å². The molecular weight excluding hydrogens is 430 g/mol. The Hall–Kier alpha value is -3.79. The Morgan fingerprint density at radius 1 is 1.15 bits per heavy atom. The molecule has 33 heavy (non-hydrogen) atoms. The number of nitrogens with zero attached hydrogens (tertiary/aromatic N) is 2. The molecule has 0 spiro atoms. The van der Waals surface area contributed by atoms with Crippen molar-refractivity contribution in [1.82, 2.24) is 10.3 Å². The van der Waals surface area contributed by atoms with Gasteiger partial charge in [0.05, 0.1) is 26.5 Å². The average Bonchev–Trinajstić information content (AvgIpc) is 2.87. The monoisotopic (exact) mass is 455 g/mol. The fourth-order valence-electron chi connectivity index (χ4n) is 3.32. The molecule has 0 bridgehead atoms. The van der Waals surface area contributed by atoms with E-state index in [4.69, 9.17) is 23.7 Å². The number of ether oxygens (including phenoxy) is 5. The van der Waals surface area contributed by atoms with Gasteiger partial charge in [0.15, 0.2) is 29.6 Å². The van der Waals surface area contributed by atoms with Gasteiger partial charge < -0.3 is 28.6 Å². The predicted octanol–water partition coefficient (Wildman–Crippen LogP) is 1.22. The summed E-state index contributed by atoms with van der Waals surface area (Å²) in [6.45, 7) is 2.20. The zero-order valence-corrected chi connectivity index (χ0v) is 18.2. The topological polar surface area (TPSA) is 108 Å². The second-order valence-corrected chi connectivity index (χ2v) is 7.29. The highest BCUT2D eigenvalue weighted by Gasteiger charge is 2.27. The van der Waals surface area contributed by atoms with Crippen molar-refractivity contribution >= 4 is 18.0 Å². The summed E-state index contributed by atoms with van der Waals surface area (Å²) in [5.74, 6) is 1.47. The van der Waals surface area contributed by atoms with Gasteiger partial charge in [0.2, 0.25) is 6.10 Å². The molecule has 1 saturated heterocycles. The lowest BCUT2D eigenvalue weighted by Crippen LogP contribution is -2.43. The lowest BCUT2D eigenvalue weighted by molar-refractivity contribution is -0.137. The second kappa shape index (κ2) is 10.7. The summed E-state index contributed by atoms with van der Waals surface area (Å²) in [5.41, 5.74) is 3.12. The van der Waals surface area contributed by atoms with Crippen LogP contribution in [0.1, 0.15) is 5.56 Å². The number of benzene rings is 2. The zero-order chi connectivity index (χ0) is 23.0. The van der Waals surface area contributed by atoms with Gasteiger partial charge in [-0.1, -0.05) is 12.1 Å². The van der Waals surface area contributed by atoms with Crippen molar-refractivity contribution in [3.8, 4) is 23.0 Å². The molecule has 174 valence electrons. The van der Waals surface area contributed by atoms with Crippen LogP contribution in [0.2, 0.25) is 0 Å². The number of hydrogen-bond acceptors (Lipinski definition) is 8. The number of carbonyl (C=O) groups is 2. The fourth-order valence-corrected chi connectivity index (χ4v) is 3.32. The molecule has 2 aliphatic heterocycles. The normalized spacial score (nSPS) is 17.5. The Labute approximate surface area is 191 Å². The molecule has 1 N–H and O–H groups in total. The first-order valence-corrected chi connectivity index (χ1v) is 10.5. The zero-order valence-electron chi connectivity index (χ0n) is 18.2. The highest BCUT2D eigenvalue weighted by atomic mass is 16.6. The molecule has 1 unspecified atom stereocenters. The Kier molecular flexibility index (Phi) is 7.26. The van der Waals surface area contributed by atoms with Crippen LogP contribution >= 0.6 is 0 Å². The summed E-state index contributed by atoms with van der Waals surface area (Å²) in [4.78, 5) is 26.3. The first-order valence-electron chi connectivity index (χ1n) is 10.5. The number of morpholine rings is 1. The number of carbonyl (C=O) groups excluding carboxylic acids is 2. The van der Waals surface area contributed by atoms with Crippen LogP contribution in [0.5, 0.6) is 23.0 Å². The molecule has 1 fully saturated rings. The van der Waals surface area contributed by atoms with E-state index < -0.39 is 12.0 Å². The van der Waals surface area contributed by atoms with E-state index in [9.17, 15) is 9.59 Å². The molecule has 0 aliphatic carbocycles. The molecular formula is C23H25N3O7. The third-order valence-electron chi connectivity index (χ3n) is 5.09. The molecule has 2 amide bonds. The van der Waals surface area contributed by atoms with Gasteiger partial charge >= 0.3 is 0 Å². The third kappa shape index (κ3) is 5.72. The van der Waals surface area contributed by atoms with E-state index in [0.29, 0.717) is 54.9 Å². The van der Waals surface area contributed by atoms with Gasteiger partial charge in [-0.15, -0.1) is 0 Å². The van der Waals surface area contributed by atoms with Crippen LogP contribution in [0, 0.1) is 0 Å². The van der Waals surface area contributed by atoms with Crippen LogP contribution in [-0.2, 0) is 14.3 Å². The first-order chi connectivity index (χ1) is 16.1. The van der Waals surface area contributed by atoms with Crippen molar-refractivity contribution in [2.24, 2.45) is 5.10 Å². The molecule has 2 aromatic carbocycles. The minimum Gasteiger partial charge on any atom is -0.493 e. The van der Waals surface area contributed by atoms with E-state index in [1.54, 1.807) is 41.3 Å². The van der Waals surface area contributed by atoms with Crippen molar-refractivity contribution in [2.45, 2.75) is 6.10 Å². The molecule has 0 saturated carbocycles.